The van der Waals surface area contributed by atoms with Gasteiger partial charge in [-0.3, -0.25) is 0 Å². The zero-order chi connectivity index (χ0) is 9.90. The number of hydrogen-bond donors (Lipinski definition) is 1. The van der Waals surface area contributed by atoms with E-state index in [0.29, 0.717) is 0 Å². The van der Waals surface area contributed by atoms with E-state index in [2.05, 4.69) is 15.3 Å². The Kier molecular flexibility index (Phi) is 5.47. The topological polar surface area (TPSA) is 33.6 Å². The highest BCUT2D eigenvalue weighted by molar-refractivity contribution is 5.71. The molecule has 2 aliphatic heterocycles. The van der Waals surface area contributed by atoms with Crippen LogP contribution in [0.5, 0.6) is 0 Å². The predicted molar refractivity (Wildman–Crippen MR) is 58.4 cm³/mol. The summed E-state index contributed by atoms with van der Waals surface area (Å²) in [7, 11) is 0. The summed E-state index contributed by atoms with van der Waals surface area (Å²) < 4.78 is 0. The van der Waals surface area contributed by atoms with Crippen molar-refractivity contribution in [3.63, 3.8) is 0 Å². The van der Waals surface area contributed by atoms with Gasteiger partial charge in [-0.1, -0.05) is 23.4 Å². The summed E-state index contributed by atoms with van der Waals surface area (Å²) in [6.07, 6.45) is 20.1. The predicted octanol–water partition coefficient (Wildman–Crippen LogP) is 2.25. The van der Waals surface area contributed by atoms with Gasteiger partial charge in [0, 0.05) is 12.4 Å². The summed E-state index contributed by atoms with van der Waals surface area (Å²) in [6, 6.07) is 0. The third-order valence-electron chi connectivity index (χ3n) is 1.29. The Morgan fingerprint density at radius 3 is 2.29 bits per heavy atom. The van der Waals surface area contributed by atoms with Crippen molar-refractivity contribution in [2.45, 2.75) is 0 Å². The second-order valence-corrected chi connectivity index (χ2v) is 2.34. The highest BCUT2D eigenvalue weighted by Gasteiger charge is 1.70. The molecule has 1 N–H and O–H groups in total. The summed E-state index contributed by atoms with van der Waals surface area (Å²) in [4.78, 5) is 4.52. The summed E-state index contributed by atoms with van der Waals surface area (Å²) in [6.45, 7) is 0. The van der Waals surface area contributed by atoms with Gasteiger partial charge in [0.15, 0.2) is 0 Å². The molecular formula is C11H12N2O. The van der Waals surface area contributed by atoms with Crippen LogP contribution in [0.4, 0.5) is 0 Å². The molecule has 0 amide bonds. The molecule has 2 rings (SSSR count). The van der Waals surface area contributed by atoms with Gasteiger partial charge in [0.1, 0.15) is 6.26 Å². The molecule has 2 heterocycles. The third kappa shape index (κ3) is 5.60. The zero-order valence-electron chi connectivity index (χ0n) is 7.71. The molecule has 0 bridgehead atoms. The molecule has 2 aliphatic rings. The quantitative estimate of drug-likeness (QED) is 0.632. The van der Waals surface area contributed by atoms with Gasteiger partial charge in [0.25, 0.3) is 0 Å². The minimum absolute atomic E-state index is 1.51. The SMILES string of the molecule is C1=CC=CNC=C1.C1=CC=NOC=C1. The molecule has 0 saturated carbocycles. The minimum Gasteiger partial charge on any atom is -0.368 e. The van der Waals surface area contributed by atoms with Crippen molar-refractivity contribution < 1.29 is 4.84 Å². The molecule has 14 heavy (non-hydrogen) atoms. The monoisotopic (exact) mass is 188 g/mol. The van der Waals surface area contributed by atoms with Gasteiger partial charge in [-0.2, -0.15) is 0 Å². The molecule has 0 radical (unpaired) electrons. The van der Waals surface area contributed by atoms with Crippen LogP contribution in [0.25, 0.3) is 0 Å². The largest absolute Gasteiger partial charge is 0.368 e. The van der Waals surface area contributed by atoms with Crippen LogP contribution in [0.3, 0.4) is 0 Å². The first-order valence-electron chi connectivity index (χ1n) is 4.25. The molecule has 0 spiro atoms. The maximum absolute atomic E-state index is 4.52. The lowest BCUT2D eigenvalue weighted by molar-refractivity contribution is 0.271. The fraction of sp³-hybridized carbons (Fsp3) is 0. The molecule has 0 fully saturated rings. The van der Waals surface area contributed by atoms with E-state index in [1.54, 1.807) is 18.4 Å². The smallest absolute Gasteiger partial charge is 0.122 e. The molecule has 0 aromatic rings. The fourth-order valence-corrected chi connectivity index (χ4v) is 0.706. The molecule has 0 aromatic heterocycles. The number of nitrogens with one attached hydrogen (secondary N) is 1. The molecule has 3 heteroatoms. The van der Waals surface area contributed by atoms with E-state index in [-0.39, 0.29) is 0 Å². The van der Waals surface area contributed by atoms with Crippen LogP contribution < -0.4 is 5.32 Å². The van der Waals surface area contributed by atoms with E-state index in [4.69, 9.17) is 0 Å². The van der Waals surface area contributed by atoms with Crippen LogP contribution in [0.2, 0.25) is 0 Å². The average Bonchev–Trinajstić information content (AvgIpc) is 2.68. The second-order valence-electron chi connectivity index (χ2n) is 2.34. The maximum Gasteiger partial charge on any atom is 0.122 e. The van der Waals surface area contributed by atoms with E-state index < -0.39 is 0 Å². The van der Waals surface area contributed by atoms with Crippen molar-refractivity contribution in [2.24, 2.45) is 5.16 Å². The molecule has 0 aliphatic carbocycles. The molecule has 0 saturated heterocycles. The Balaban J connectivity index is 0.000000140. The first kappa shape index (κ1) is 10.1. The molecule has 0 atom stereocenters. The number of rotatable bonds is 0. The van der Waals surface area contributed by atoms with E-state index >= 15 is 0 Å². The fourth-order valence-electron chi connectivity index (χ4n) is 0.706. The minimum atomic E-state index is 1.51. The van der Waals surface area contributed by atoms with Gasteiger partial charge in [0.2, 0.25) is 0 Å². The van der Waals surface area contributed by atoms with Gasteiger partial charge in [0.05, 0.1) is 6.21 Å². The Labute approximate surface area is 83.4 Å². The van der Waals surface area contributed by atoms with E-state index in [1.807, 2.05) is 42.8 Å². The molecule has 0 unspecified atom stereocenters. The summed E-state index contributed by atoms with van der Waals surface area (Å²) in [5.41, 5.74) is 0. The molecule has 0 aromatic carbocycles. The second kappa shape index (κ2) is 7.61. The average molecular weight is 188 g/mol. The molecule has 3 nitrogen and oxygen atoms in total. The first-order chi connectivity index (χ1) is 7.00. The molecule has 72 valence electrons. The van der Waals surface area contributed by atoms with E-state index in [1.165, 1.54) is 6.26 Å². The number of oxime groups is 1. The van der Waals surface area contributed by atoms with E-state index in [0.717, 1.165) is 0 Å². The highest BCUT2D eigenvalue weighted by Crippen LogP contribution is 1.84. The van der Waals surface area contributed by atoms with Crippen molar-refractivity contribution in [1.29, 1.82) is 0 Å². The lowest BCUT2D eigenvalue weighted by Gasteiger charge is -1.79. The van der Waals surface area contributed by atoms with Crippen LogP contribution in [0.1, 0.15) is 0 Å². The van der Waals surface area contributed by atoms with E-state index in [9.17, 15) is 0 Å². The van der Waals surface area contributed by atoms with Crippen molar-refractivity contribution in [1.82, 2.24) is 5.32 Å². The summed E-state index contributed by atoms with van der Waals surface area (Å²) in [5, 5.41) is 6.40. The van der Waals surface area contributed by atoms with Crippen LogP contribution in [-0.4, -0.2) is 6.21 Å². The highest BCUT2D eigenvalue weighted by atomic mass is 16.6. The summed E-state index contributed by atoms with van der Waals surface area (Å²) >= 11 is 0. The Hall–Kier alpha value is -2.03. The first-order valence-corrected chi connectivity index (χ1v) is 4.25. The third-order valence-corrected chi connectivity index (χ3v) is 1.29. The van der Waals surface area contributed by atoms with Crippen LogP contribution >= 0.6 is 0 Å². The lowest BCUT2D eigenvalue weighted by Crippen LogP contribution is -1.87. The number of hydrogen-bond acceptors (Lipinski definition) is 3. The number of nitrogens with zero attached hydrogens (tertiary/aromatic N) is 1. The van der Waals surface area contributed by atoms with Crippen LogP contribution in [0.15, 0.2) is 66.3 Å². The van der Waals surface area contributed by atoms with Gasteiger partial charge in [-0.05, 0) is 24.3 Å². The summed E-state index contributed by atoms with van der Waals surface area (Å²) in [5.74, 6) is 0. The zero-order valence-corrected chi connectivity index (χ0v) is 7.71. The van der Waals surface area contributed by atoms with Crippen molar-refractivity contribution in [3.8, 4) is 0 Å². The Bertz CT molecular complexity index is 249. The van der Waals surface area contributed by atoms with Crippen molar-refractivity contribution in [3.05, 3.63) is 61.2 Å². The lowest BCUT2D eigenvalue weighted by atomic mass is 10.5. The standard InChI is InChI=1S/C6H7N.C5H5NO/c2*1-2-4-6-7-5-3-1/h1-7H;1-5H. The van der Waals surface area contributed by atoms with Gasteiger partial charge in [-0.25, -0.2) is 0 Å². The Morgan fingerprint density at radius 2 is 1.50 bits per heavy atom. The number of allylic oxidation sites excluding steroid dienone is 7. The maximum atomic E-state index is 4.52. The van der Waals surface area contributed by atoms with Gasteiger partial charge >= 0.3 is 0 Å². The molecular weight excluding hydrogens is 176 g/mol. The van der Waals surface area contributed by atoms with Gasteiger partial charge < -0.3 is 10.2 Å². The van der Waals surface area contributed by atoms with Crippen molar-refractivity contribution >= 4 is 6.21 Å². The Morgan fingerprint density at radius 1 is 0.786 bits per heavy atom. The van der Waals surface area contributed by atoms with Gasteiger partial charge in [-0.15, -0.1) is 0 Å². The normalized spacial score (nSPS) is 16.0. The van der Waals surface area contributed by atoms with Crippen molar-refractivity contribution in [2.75, 3.05) is 0 Å². The van der Waals surface area contributed by atoms with Crippen LogP contribution in [0, 0.1) is 0 Å². The van der Waals surface area contributed by atoms with Crippen LogP contribution in [-0.2, 0) is 4.84 Å².